The summed E-state index contributed by atoms with van der Waals surface area (Å²) >= 11 is 0. The lowest BCUT2D eigenvalue weighted by molar-refractivity contribution is -0.161. The summed E-state index contributed by atoms with van der Waals surface area (Å²) in [4.78, 5) is 38.8. The summed E-state index contributed by atoms with van der Waals surface area (Å²) < 4.78 is 0. The van der Waals surface area contributed by atoms with E-state index in [2.05, 4.69) is 6.92 Å². The van der Waals surface area contributed by atoms with E-state index in [4.69, 9.17) is 0 Å². The van der Waals surface area contributed by atoms with Gasteiger partial charge in [-0.2, -0.15) is 0 Å². The zero-order valence-electron chi connectivity index (χ0n) is 16.8. The van der Waals surface area contributed by atoms with Crippen LogP contribution in [0.3, 0.4) is 0 Å². The summed E-state index contributed by atoms with van der Waals surface area (Å²) in [6, 6.07) is -0.866. The van der Waals surface area contributed by atoms with Gasteiger partial charge in [0.1, 0.15) is 6.04 Å². The highest BCUT2D eigenvalue weighted by Crippen LogP contribution is 2.42. The van der Waals surface area contributed by atoms with Gasteiger partial charge < -0.3 is 10.0 Å². The summed E-state index contributed by atoms with van der Waals surface area (Å²) in [5, 5.41) is 9.95. The molecule has 0 aromatic rings. The molecule has 0 radical (unpaired) electrons. The van der Waals surface area contributed by atoms with Crippen molar-refractivity contribution < 1.29 is 19.5 Å². The molecule has 26 heavy (non-hydrogen) atoms. The Morgan fingerprint density at radius 3 is 2.15 bits per heavy atom. The molecule has 3 unspecified atom stereocenters. The summed E-state index contributed by atoms with van der Waals surface area (Å²) in [5.74, 6) is -1.25. The molecule has 1 saturated carbocycles. The Morgan fingerprint density at radius 2 is 1.65 bits per heavy atom. The fourth-order valence-corrected chi connectivity index (χ4v) is 5.02. The molecule has 0 bridgehead atoms. The number of likely N-dealkylation sites (tertiary alicyclic amines) is 1. The molecule has 2 aliphatic rings. The minimum atomic E-state index is -0.959. The van der Waals surface area contributed by atoms with Gasteiger partial charge in [-0.15, -0.1) is 0 Å². The predicted molar refractivity (Wildman–Crippen MR) is 101 cm³/mol. The van der Waals surface area contributed by atoms with Crippen LogP contribution in [0, 0.1) is 23.2 Å². The molecule has 0 spiro atoms. The molecule has 1 N–H and O–H groups in total. The Balaban J connectivity index is 2.27. The predicted octanol–water partition coefficient (Wildman–Crippen LogP) is 3.90. The van der Waals surface area contributed by atoms with Crippen LogP contribution in [0.4, 0.5) is 0 Å². The number of carboxylic acids is 1. The first kappa shape index (κ1) is 20.9. The van der Waals surface area contributed by atoms with Gasteiger partial charge in [0.25, 0.3) is 5.91 Å². The first-order valence-electron chi connectivity index (χ1n) is 10.3. The van der Waals surface area contributed by atoms with E-state index in [0.29, 0.717) is 18.4 Å². The van der Waals surface area contributed by atoms with E-state index in [-0.39, 0.29) is 5.92 Å². The van der Waals surface area contributed by atoms with E-state index in [9.17, 15) is 19.5 Å². The van der Waals surface area contributed by atoms with Crippen molar-refractivity contribution in [3.05, 3.63) is 0 Å². The fourth-order valence-electron chi connectivity index (χ4n) is 5.02. The van der Waals surface area contributed by atoms with E-state index in [1.54, 1.807) is 20.8 Å². The molecule has 0 aromatic carbocycles. The van der Waals surface area contributed by atoms with Crippen LogP contribution in [-0.4, -0.2) is 40.3 Å². The van der Waals surface area contributed by atoms with Crippen LogP contribution in [0.15, 0.2) is 0 Å². The molecule has 2 fully saturated rings. The van der Waals surface area contributed by atoms with Crippen molar-refractivity contribution in [2.45, 2.75) is 85.1 Å². The first-order valence-corrected chi connectivity index (χ1v) is 10.3. The molecule has 1 aliphatic heterocycles. The van der Waals surface area contributed by atoms with Crippen LogP contribution < -0.4 is 0 Å². The topological polar surface area (TPSA) is 74.7 Å². The minimum absolute atomic E-state index is 0.0499. The highest BCUT2D eigenvalue weighted by Gasteiger charge is 2.46. The average Bonchev–Trinajstić information content (AvgIpc) is 2.60. The maximum atomic E-state index is 12.8. The molecule has 1 amide bonds. The van der Waals surface area contributed by atoms with Crippen LogP contribution in [-0.2, 0) is 14.4 Å². The largest absolute Gasteiger partial charge is 0.480 e. The van der Waals surface area contributed by atoms with E-state index in [1.807, 2.05) is 0 Å². The minimum Gasteiger partial charge on any atom is -0.480 e. The highest BCUT2D eigenvalue weighted by atomic mass is 16.4. The Hall–Kier alpha value is -1.39. The lowest BCUT2D eigenvalue weighted by Crippen LogP contribution is -2.57. The summed E-state index contributed by atoms with van der Waals surface area (Å²) in [7, 11) is 0. The Kier molecular flexibility index (Phi) is 6.86. The van der Waals surface area contributed by atoms with Crippen molar-refractivity contribution >= 4 is 17.7 Å². The van der Waals surface area contributed by atoms with Crippen molar-refractivity contribution in [1.82, 2.24) is 4.90 Å². The molecule has 3 atom stereocenters. The van der Waals surface area contributed by atoms with Crippen molar-refractivity contribution in [3.8, 4) is 0 Å². The van der Waals surface area contributed by atoms with Gasteiger partial charge in [-0.05, 0) is 30.6 Å². The van der Waals surface area contributed by atoms with Gasteiger partial charge >= 0.3 is 5.97 Å². The Morgan fingerprint density at radius 1 is 1.04 bits per heavy atom. The fraction of sp³-hybridized carbons (Fsp3) is 0.857. The third kappa shape index (κ3) is 4.47. The molecule has 1 saturated heterocycles. The van der Waals surface area contributed by atoms with Crippen molar-refractivity contribution in [2.75, 3.05) is 6.54 Å². The van der Waals surface area contributed by atoms with Crippen LogP contribution in [0.1, 0.15) is 79.1 Å². The zero-order valence-corrected chi connectivity index (χ0v) is 16.8. The van der Waals surface area contributed by atoms with Gasteiger partial charge in [-0.3, -0.25) is 9.59 Å². The molecule has 5 heteroatoms. The molecule has 5 nitrogen and oxygen atoms in total. The molecule has 2 rings (SSSR count). The summed E-state index contributed by atoms with van der Waals surface area (Å²) in [6.07, 6.45) is 8.58. The van der Waals surface area contributed by atoms with Crippen LogP contribution in [0.25, 0.3) is 0 Å². The standard InChI is InChI=1S/C21H35NO4/c1-5-15(14-10-7-6-8-11-14)16-12-9-13-22(17(16)20(25)26)19(24)18(23)21(2,3)4/h14-17H,5-13H2,1-4H3,(H,25,26). The summed E-state index contributed by atoms with van der Waals surface area (Å²) in [5.41, 5.74) is -0.791. The molecule has 148 valence electrons. The van der Waals surface area contributed by atoms with Gasteiger partial charge in [0, 0.05) is 12.0 Å². The second-order valence-corrected chi connectivity index (χ2v) is 9.14. The number of aliphatic carboxylic acids is 1. The lowest BCUT2D eigenvalue weighted by atomic mass is 9.68. The van der Waals surface area contributed by atoms with Gasteiger partial charge in [0.05, 0.1) is 0 Å². The van der Waals surface area contributed by atoms with Crippen LogP contribution >= 0.6 is 0 Å². The number of piperidine rings is 1. The number of hydrogen-bond donors (Lipinski definition) is 1. The van der Waals surface area contributed by atoms with Crippen molar-refractivity contribution in [3.63, 3.8) is 0 Å². The smallest absolute Gasteiger partial charge is 0.326 e. The second kappa shape index (κ2) is 8.53. The molecular weight excluding hydrogens is 330 g/mol. The molecule has 1 heterocycles. The number of ketones is 1. The number of rotatable bonds is 5. The quantitative estimate of drug-likeness (QED) is 0.750. The summed E-state index contributed by atoms with van der Waals surface area (Å²) in [6.45, 7) is 7.64. The van der Waals surface area contributed by atoms with Crippen molar-refractivity contribution in [2.24, 2.45) is 23.2 Å². The maximum absolute atomic E-state index is 12.8. The second-order valence-electron chi connectivity index (χ2n) is 9.14. The number of amides is 1. The monoisotopic (exact) mass is 365 g/mol. The van der Waals surface area contributed by atoms with Crippen LogP contribution in [0.2, 0.25) is 0 Å². The van der Waals surface area contributed by atoms with Gasteiger partial charge in [-0.1, -0.05) is 66.2 Å². The van der Waals surface area contributed by atoms with Gasteiger partial charge in [0.15, 0.2) is 0 Å². The third-order valence-electron chi connectivity index (χ3n) is 6.34. The van der Waals surface area contributed by atoms with E-state index in [1.165, 1.54) is 24.2 Å². The normalized spacial score (nSPS) is 26.4. The number of hydrogen-bond acceptors (Lipinski definition) is 3. The average molecular weight is 366 g/mol. The van der Waals surface area contributed by atoms with Crippen molar-refractivity contribution in [1.29, 1.82) is 0 Å². The number of nitrogens with zero attached hydrogens (tertiary/aromatic N) is 1. The number of carboxylic acid groups (broad SMARTS) is 1. The molecule has 1 aliphatic carbocycles. The molecular formula is C21H35NO4. The van der Waals surface area contributed by atoms with E-state index >= 15 is 0 Å². The maximum Gasteiger partial charge on any atom is 0.326 e. The van der Waals surface area contributed by atoms with Gasteiger partial charge in [-0.25, -0.2) is 4.79 Å². The third-order valence-corrected chi connectivity index (χ3v) is 6.34. The van der Waals surface area contributed by atoms with E-state index < -0.39 is 29.1 Å². The highest BCUT2D eigenvalue weighted by molar-refractivity contribution is 6.38. The number of carbonyl (C=O) groups is 3. The van der Waals surface area contributed by atoms with Crippen LogP contribution in [0.5, 0.6) is 0 Å². The lowest BCUT2D eigenvalue weighted by Gasteiger charge is -2.45. The van der Waals surface area contributed by atoms with E-state index in [0.717, 1.165) is 32.1 Å². The zero-order chi connectivity index (χ0) is 19.5. The Bertz CT molecular complexity index is 531. The Labute approximate surface area is 157 Å². The SMILES string of the molecule is CCC(C1CCCCC1)C1CCCN(C(=O)C(=O)C(C)(C)C)C1C(=O)O. The molecule has 0 aromatic heterocycles. The number of carbonyl (C=O) groups excluding carboxylic acids is 2. The van der Waals surface area contributed by atoms with Gasteiger partial charge in [0.2, 0.25) is 5.78 Å². The first-order chi connectivity index (χ1) is 12.2. The number of Topliss-reactive ketones (excluding diaryl/α,β-unsaturated/α-hetero) is 1.